The molecule has 0 amide bonds. The first-order chi connectivity index (χ1) is 10.7. The second-order valence-electron chi connectivity index (χ2n) is 8.23. The van der Waals surface area contributed by atoms with E-state index in [1.54, 1.807) is 0 Å². The summed E-state index contributed by atoms with van der Waals surface area (Å²) >= 11 is 0. The molecular weight excluding hydrogens is 270 g/mol. The van der Waals surface area contributed by atoms with Gasteiger partial charge in [0, 0.05) is 19.7 Å². The van der Waals surface area contributed by atoms with Crippen LogP contribution in [0, 0.1) is 23.7 Å². The highest BCUT2D eigenvalue weighted by Crippen LogP contribution is 2.34. The Morgan fingerprint density at radius 3 is 1.77 bits per heavy atom. The molecule has 0 saturated heterocycles. The summed E-state index contributed by atoms with van der Waals surface area (Å²) in [6.07, 6.45) is 13.5. The predicted molar refractivity (Wildman–Crippen MR) is 95.0 cm³/mol. The Bertz CT molecular complexity index is 271. The monoisotopic (exact) mass is 309 g/mol. The molecule has 2 rings (SSSR count). The van der Waals surface area contributed by atoms with Crippen LogP contribution in [0.15, 0.2) is 0 Å². The van der Waals surface area contributed by atoms with Gasteiger partial charge < -0.3 is 10.0 Å². The smallest absolute Gasteiger partial charge is 0.0431 e. The molecule has 2 unspecified atom stereocenters. The van der Waals surface area contributed by atoms with Gasteiger partial charge in [-0.1, -0.05) is 52.4 Å². The van der Waals surface area contributed by atoms with Gasteiger partial charge in [0.25, 0.3) is 0 Å². The van der Waals surface area contributed by atoms with Crippen LogP contribution in [0.5, 0.6) is 0 Å². The van der Waals surface area contributed by atoms with Crippen molar-refractivity contribution in [2.45, 2.75) is 78.1 Å². The van der Waals surface area contributed by atoms with Crippen molar-refractivity contribution in [2.24, 2.45) is 23.7 Å². The van der Waals surface area contributed by atoms with Gasteiger partial charge in [-0.15, -0.1) is 0 Å². The highest BCUT2D eigenvalue weighted by Gasteiger charge is 2.29. The fraction of sp³-hybridized carbons (Fsp3) is 1.00. The maximum atomic E-state index is 8.90. The van der Waals surface area contributed by atoms with Gasteiger partial charge in [0.2, 0.25) is 0 Å². The van der Waals surface area contributed by atoms with Crippen LogP contribution < -0.4 is 0 Å². The van der Waals surface area contributed by atoms with Gasteiger partial charge in [-0.25, -0.2) is 0 Å². The van der Waals surface area contributed by atoms with Crippen LogP contribution >= 0.6 is 0 Å². The SMILES string of the molecule is CC1CCC[C@@H]1CN(CCCCCCO)C[C@@H]1CCCC1C. The summed E-state index contributed by atoms with van der Waals surface area (Å²) in [7, 11) is 0. The van der Waals surface area contributed by atoms with E-state index in [2.05, 4.69) is 18.7 Å². The molecule has 0 aromatic rings. The quantitative estimate of drug-likeness (QED) is 0.591. The van der Waals surface area contributed by atoms with Crippen molar-refractivity contribution in [1.29, 1.82) is 0 Å². The Labute approximate surface area is 138 Å². The molecule has 0 radical (unpaired) electrons. The van der Waals surface area contributed by atoms with Gasteiger partial charge >= 0.3 is 0 Å². The third kappa shape index (κ3) is 5.85. The Hall–Kier alpha value is -0.0800. The standard InChI is InChI=1S/C20H39NO/c1-17-9-7-11-19(17)15-21(13-5-3-4-6-14-22)16-20-12-8-10-18(20)2/h17-20,22H,3-16H2,1-2H3/t17?,18?,19-,20+. The zero-order chi connectivity index (χ0) is 15.8. The van der Waals surface area contributed by atoms with Crippen LogP contribution in [0.25, 0.3) is 0 Å². The number of hydrogen-bond acceptors (Lipinski definition) is 2. The molecule has 22 heavy (non-hydrogen) atoms. The maximum Gasteiger partial charge on any atom is 0.0431 e. The molecule has 0 bridgehead atoms. The number of hydrogen-bond donors (Lipinski definition) is 1. The third-order valence-corrected chi connectivity index (χ3v) is 6.45. The molecular formula is C20H39NO. The fourth-order valence-corrected chi connectivity index (χ4v) is 4.71. The van der Waals surface area contributed by atoms with Crippen LogP contribution in [0.3, 0.4) is 0 Å². The number of rotatable bonds is 10. The van der Waals surface area contributed by atoms with Crippen LogP contribution in [0.2, 0.25) is 0 Å². The highest BCUT2D eigenvalue weighted by molar-refractivity contribution is 4.81. The van der Waals surface area contributed by atoms with E-state index >= 15 is 0 Å². The van der Waals surface area contributed by atoms with Crippen molar-refractivity contribution >= 4 is 0 Å². The highest BCUT2D eigenvalue weighted by atomic mass is 16.2. The number of aliphatic hydroxyl groups excluding tert-OH is 1. The molecule has 130 valence electrons. The molecule has 0 aromatic carbocycles. The van der Waals surface area contributed by atoms with E-state index < -0.39 is 0 Å². The lowest BCUT2D eigenvalue weighted by atomic mass is 9.94. The van der Waals surface area contributed by atoms with Crippen molar-refractivity contribution in [3.8, 4) is 0 Å². The van der Waals surface area contributed by atoms with Crippen molar-refractivity contribution in [1.82, 2.24) is 4.90 Å². The van der Waals surface area contributed by atoms with Gasteiger partial charge in [0.15, 0.2) is 0 Å². The van der Waals surface area contributed by atoms with Crippen LogP contribution in [-0.4, -0.2) is 36.2 Å². The largest absolute Gasteiger partial charge is 0.396 e. The summed E-state index contributed by atoms with van der Waals surface area (Å²) in [6, 6.07) is 0. The average molecular weight is 310 g/mol. The topological polar surface area (TPSA) is 23.5 Å². The molecule has 0 aliphatic heterocycles. The van der Waals surface area contributed by atoms with Gasteiger partial charge in [-0.3, -0.25) is 0 Å². The summed E-state index contributed by atoms with van der Waals surface area (Å²) in [6.45, 7) is 9.29. The fourth-order valence-electron chi connectivity index (χ4n) is 4.71. The molecule has 2 saturated carbocycles. The molecule has 2 nitrogen and oxygen atoms in total. The van der Waals surface area contributed by atoms with Crippen molar-refractivity contribution < 1.29 is 5.11 Å². The number of unbranched alkanes of at least 4 members (excludes halogenated alkanes) is 3. The summed E-state index contributed by atoms with van der Waals surface area (Å²) in [5.41, 5.74) is 0. The van der Waals surface area contributed by atoms with Crippen LogP contribution in [0.4, 0.5) is 0 Å². The minimum Gasteiger partial charge on any atom is -0.396 e. The lowest BCUT2D eigenvalue weighted by Crippen LogP contribution is -2.36. The Kier molecular flexibility index (Phi) is 8.24. The van der Waals surface area contributed by atoms with E-state index in [0.29, 0.717) is 6.61 Å². The molecule has 2 aliphatic rings. The first-order valence-corrected chi connectivity index (χ1v) is 10.0. The molecule has 4 atom stereocenters. The zero-order valence-corrected chi connectivity index (χ0v) is 15.1. The summed E-state index contributed by atoms with van der Waals surface area (Å²) < 4.78 is 0. The molecule has 2 fully saturated rings. The second kappa shape index (κ2) is 9.93. The van der Waals surface area contributed by atoms with Gasteiger partial charge in [-0.05, 0) is 55.9 Å². The molecule has 0 heterocycles. The zero-order valence-electron chi connectivity index (χ0n) is 15.1. The first kappa shape index (κ1) is 18.3. The average Bonchev–Trinajstić information content (AvgIpc) is 3.08. The predicted octanol–water partition coefficient (Wildman–Crippen LogP) is 4.71. The Morgan fingerprint density at radius 1 is 0.773 bits per heavy atom. The van der Waals surface area contributed by atoms with Gasteiger partial charge in [0.1, 0.15) is 0 Å². The lowest BCUT2D eigenvalue weighted by molar-refractivity contribution is 0.166. The van der Waals surface area contributed by atoms with Crippen LogP contribution in [0.1, 0.15) is 78.1 Å². The second-order valence-corrected chi connectivity index (χ2v) is 8.23. The van der Waals surface area contributed by atoms with E-state index in [9.17, 15) is 0 Å². The maximum absolute atomic E-state index is 8.90. The third-order valence-electron chi connectivity index (χ3n) is 6.45. The van der Waals surface area contributed by atoms with E-state index in [-0.39, 0.29) is 0 Å². The molecule has 0 spiro atoms. The minimum atomic E-state index is 0.364. The van der Waals surface area contributed by atoms with Gasteiger partial charge in [0.05, 0.1) is 0 Å². The Balaban J connectivity index is 1.77. The molecule has 0 aromatic heterocycles. The molecule has 1 N–H and O–H groups in total. The van der Waals surface area contributed by atoms with E-state index in [4.69, 9.17) is 5.11 Å². The summed E-state index contributed by atoms with van der Waals surface area (Å²) in [5.74, 6) is 3.79. The van der Waals surface area contributed by atoms with E-state index in [1.807, 2.05) is 0 Å². The number of aliphatic hydroxyl groups is 1. The van der Waals surface area contributed by atoms with Gasteiger partial charge in [-0.2, -0.15) is 0 Å². The molecule has 2 heteroatoms. The summed E-state index contributed by atoms with van der Waals surface area (Å²) in [5, 5.41) is 8.90. The van der Waals surface area contributed by atoms with Crippen molar-refractivity contribution in [3.63, 3.8) is 0 Å². The summed E-state index contributed by atoms with van der Waals surface area (Å²) in [4.78, 5) is 2.82. The normalized spacial score (nSPS) is 32.2. The van der Waals surface area contributed by atoms with Crippen molar-refractivity contribution in [3.05, 3.63) is 0 Å². The first-order valence-electron chi connectivity index (χ1n) is 10.0. The number of nitrogens with zero attached hydrogens (tertiary/aromatic N) is 1. The minimum absolute atomic E-state index is 0.364. The molecule has 2 aliphatic carbocycles. The van der Waals surface area contributed by atoms with Crippen molar-refractivity contribution in [2.75, 3.05) is 26.2 Å². The lowest BCUT2D eigenvalue weighted by Gasteiger charge is -2.31. The Morgan fingerprint density at radius 2 is 1.32 bits per heavy atom. The van der Waals surface area contributed by atoms with E-state index in [1.165, 1.54) is 77.4 Å². The van der Waals surface area contributed by atoms with E-state index in [0.717, 1.165) is 30.1 Å². The van der Waals surface area contributed by atoms with Crippen LogP contribution in [-0.2, 0) is 0 Å².